The van der Waals surface area contributed by atoms with Crippen LogP contribution in [0.15, 0.2) is 51.1 Å². The van der Waals surface area contributed by atoms with Gasteiger partial charge >= 0.3 is 5.76 Å². The van der Waals surface area contributed by atoms with Gasteiger partial charge in [0, 0.05) is 6.20 Å². The van der Waals surface area contributed by atoms with Crippen LogP contribution in [0.1, 0.15) is 5.82 Å². The Hall–Kier alpha value is -3.27. The number of nitrogens with zero attached hydrogens (tertiary/aromatic N) is 5. The molecule has 0 fully saturated rings. The van der Waals surface area contributed by atoms with Crippen molar-refractivity contribution < 1.29 is 9.21 Å². The van der Waals surface area contributed by atoms with Gasteiger partial charge in [-0.2, -0.15) is 4.68 Å². The quantitative estimate of drug-likeness (QED) is 0.570. The molecule has 1 amide bonds. The van der Waals surface area contributed by atoms with E-state index in [1.54, 1.807) is 10.5 Å². The fraction of sp³-hybridized carbons (Fsp3) is 0.133. The summed E-state index contributed by atoms with van der Waals surface area (Å²) in [6.45, 7) is -0.0428. The van der Waals surface area contributed by atoms with Crippen LogP contribution < -0.4 is 11.1 Å². The Bertz CT molecular complexity index is 1080. The van der Waals surface area contributed by atoms with Crippen LogP contribution in [-0.2, 0) is 17.9 Å². The van der Waals surface area contributed by atoms with Crippen molar-refractivity contribution in [3.05, 3.63) is 58.3 Å². The molecule has 0 saturated heterocycles. The standard InChI is InChI=1S/C15H12N6O3S/c22-13(16-8-12-18-17-11-5-1-2-6-20(11)12)9-21-15(23)24-14(19-21)10-4-3-7-25-10/h1-7H,8-9H2,(H,16,22). The van der Waals surface area contributed by atoms with Crippen molar-refractivity contribution in [2.24, 2.45) is 0 Å². The smallest absolute Gasteiger partial charge is 0.387 e. The van der Waals surface area contributed by atoms with Crippen molar-refractivity contribution in [3.63, 3.8) is 0 Å². The molecule has 0 aromatic carbocycles. The topological polar surface area (TPSA) is 107 Å². The largest absolute Gasteiger partial charge is 0.437 e. The van der Waals surface area contributed by atoms with Gasteiger partial charge in [-0.1, -0.05) is 12.1 Å². The van der Waals surface area contributed by atoms with E-state index in [2.05, 4.69) is 20.6 Å². The Morgan fingerprint density at radius 1 is 1.24 bits per heavy atom. The number of hydrogen-bond donors (Lipinski definition) is 1. The van der Waals surface area contributed by atoms with Crippen LogP contribution in [0.5, 0.6) is 0 Å². The lowest BCUT2D eigenvalue weighted by molar-refractivity contribution is -0.122. The molecule has 126 valence electrons. The second-order valence-corrected chi connectivity index (χ2v) is 6.08. The summed E-state index contributed by atoms with van der Waals surface area (Å²) >= 11 is 1.40. The number of pyridine rings is 1. The molecule has 4 aromatic rings. The molecule has 9 nitrogen and oxygen atoms in total. The molecule has 1 N–H and O–H groups in total. The molecule has 0 saturated carbocycles. The third kappa shape index (κ3) is 3.06. The molecule has 0 atom stereocenters. The molecular weight excluding hydrogens is 344 g/mol. The average molecular weight is 356 g/mol. The van der Waals surface area contributed by atoms with Crippen molar-refractivity contribution in [3.8, 4) is 10.8 Å². The Morgan fingerprint density at radius 2 is 2.16 bits per heavy atom. The van der Waals surface area contributed by atoms with E-state index < -0.39 is 5.76 Å². The van der Waals surface area contributed by atoms with Crippen LogP contribution in [0.2, 0.25) is 0 Å². The predicted octanol–water partition coefficient (Wildman–Crippen LogP) is 0.924. The number of nitrogens with one attached hydrogen (secondary N) is 1. The molecule has 0 aliphatic rings. The number of carbonyl (C=O) groups excluding carboxylic acids is 1. The Balaban J connectivity index is 1.43. The first-order chi connectivity index (χ1) is 12.2. The molecule has 4 aromatic heterocycles. The fourth-order valence-electron chi connectivity index (χ4n) is 2.29. The average Bonchev–Trinajstić information content (AvgIpc) is 3.34. The molecule has 25 heavy (non-hydrogen) atoms. The highest BCUT2D eigenvalue weighted by molar-refractivity contribution is 7.13. The lowest BCUT2D eigenvalue weighted by Crippen LogP contribution is -2.31. The third-order valence-corrected chi connectivity index (χ3v) is 4.32. The SMILES string of the molecule is O=C(Cn1nc(-c2cccs2)oc1=O)NCc1nnc2ccccn12. The van der Waals surface area contributed by atoms with Crippen molar-refractivity contribution in [2.75, 3.05) is 0 Å². The molecular formula is C15H12N6O3S. The first-order valence-corrected chi connectivity index (χ1v) is 8.26. The van der Waals surface area contributed by atoms with Gasteiger partial charge in [0.1, 0.15) is 6.54 Å². The number of rotatable bonds is 5. The van der Waals surface area contributed by atoms with Gasteiger partial charge in [0.25, 0.3) is 5.89 Å². The number of thiophene rings is 1. The first-order valence-electron chi connectivity index (χ1n) is 7.38. The maximum Gasteiger partial charge on any atom is 0.437 e. The van der Waals surface area contributed by atoms with E-state index in [-0.39, 0.29) is 24.9 Å². The van der Waals surface area contributed by atoms with Crippen LogP contribution in [0.25, 0.3) is 16.4 Å². The van der Waals surface area contributed by atoms with E-state index in [1.807, 2.05) is 35.8 Å². The van der Waals surface area contributed by atoms with Crippen LogP contribution in [0.3, 0.4) is 0 Å². The summed E-state index contributed by atoms with van der Waals surface area (Å²) in [5, 5.41) is 16.6. The number of aromatic nitrogens is 5. The van der Waals surface area contributed by atoms with Crippen LogP contribution >= 0.6 is 11.3 Å². The predicted molar refractivity (Wildman–Crippen MR) is 88.9 cm³/mol. The summed E-state index contributed by atoms with van der Waals surface area (Å²) in [4.78, 5) is 24.6. The summed E-state index contributed by atoms with van der Waals surface area (Å²) in [5.41, 5.74) is 0.694. The molecule has 10 heteroatoms. The summed E-state index contributed by atoms with van der Waals surface area (Å²) in [7, 11) is 0. The van der Waals surface area contributed by atoms with Crippen molar-refractivity contribution >= 4 is 22.9 Å². The van der Waals surface area contributed by atoms with Gasteiger partial charge in [0.05, 0.1) is 11.4 Å². The molecule has 4 rings (SSSR count). The Kier molecular flexibility index (Phi) is 3.86. The second kappa shape index (κ2) is 6.32. The van der Waals surface area contributed by atoms with E-state index in [4.69, 9.17) is 4.42 Å². The minimum Gasteiger partial charge on any atom is -0.387 e. The van der Waals surface area contributed by atoms with Crippen LogP contribution in [0, 0.1) is 0 Å². The maximum absolute atomic E-state index is 12.1. The van der Waals surface area contributed by atoms with Gasteiger partial charge in [0.15, 0.2) is 11.5 Å². The van der Waals surface area contributed by atoms with Gasteiger partial charge in [0.2, 0.25) is 5.91 Å². The Labute approximate surface area is 144 Å². The summed E-state index contributed by atoms with van der Waals surface area (Å²) < 4.78 is 7.84. The zero-order valence-electron chi connectivity index (χ0n) is 12.8. The molecule has 0 aliphatic carbocycles. The minimum absolute atomic E-state index is 0.189. The van der Waals surface area contributed by atoms with E-state index in [9.17, 15) is 9.59 Å². The van der Waals surface area contributed by atoms with Gasteiger partial charge in [-0.15, -0.1) is 26.6 Å². The minimum atomic E-state index is -0.675. The van der Waals surface area contributed by atoms with Crippen molar-refractivity contribution in [1.29, 1.82) is 0 Å². The highest BCUT2D eigenvalue weighted by atomic mass is 32.1. The lowest BCUT2D eigenvalue weighted by atomic mass is 10.4. The molecule has 0 bridgehead atoms. The second-order valence-electron chi connectivity index (χ2n) is 5.13. The lowest BCUT2D eigenvalue weighted by Gasteiger charge is -2.03. The summed E-state index contributed by atoms with van der Waals surface area (Å²) in [5.74, 6) is -0.251. The molecule has 0 radical (unpaired) electrons. The molecule has 4 heterocycles. The third-order valence-electron chi connectivity index (χ3n) is 3.46. The van der Waals surface area contributed by atoms with Gasteiger partial charge in [-0.3, -0.25) is 9.20 Å². The number of amides is 1. The number of hydrogen-bond acceptors (Lipinski definition) is 7. The highest BCUT2D eigenvalue weighted by Gasteiger charge is 2.14. The fourth-order valence-corrected chi connectivity index (χ4v) is 2.93. The highest BCUT2D eigenvalue weighted by Crippen LogP contribution is 2.20. The Morgan fingerprint density at radius 3 is 3.00 bits per heavy atom. The molecule has 0 unspecified atom stereocenters. The van der Waals surface area contributed by atoms with Crippen molar-refractivity contribution in [1.82, 2.24) is 29.7 Å². The maximum atomic E-state index is 12.1. The zero-order valence-corrected chi connectivity index (χ0v) is 13.6. The van der Waals surface area contributed by atoms with E-state index in [0.29, 0.717) is 11.5 Å². The monoisotopic (exact) mass is 356 g/mol. The zero-order chi connectivity index (χ0) is 17.2. The van der Waals surface area contributed by atoms with Crippen molar-refractivity contribution in [2.45, 2.75) is 13.1 Å². The van der Waals surface area contributed by atoms with Crippen LogP contribution in [0.4, 0.5) is 0 Å². The summed E-state index contributed by atoms with van der Waals surface area (Å²) in [6.07, 6.45) is 1.81. The normalized spacial score (nSPS) is 11.0. The van der Waals surface area contributed by atoms with Gasteiger partial charge in [-0.25, -0.2) is 4.79 Å². The van der Waals surface area contributed by atoms with Crippen LogP contribution in [-0.4, -0.2) is 30.3 Å². The van der Waals surface area contributed by atoms with Gasteiger partial charge < -0.3 is 9.73 Å². The molecule has 0 spiro atoms. The van der Waals surface area contributed by atoms with Gasteiger partial charge in [-0.05, 0) is 23.6 Å². The number of carbonyl (C=O) groups is 1. The van der Waals surface area contributed by atoms with E-state index in [0.717, 1.165) is 9.56 Å². The van der Waals surface area contributed by atoms with E-state index >= 15 is 0 Å². The van der Waals surface area contributed by atoms with E-state index in [1.165, 1.54) is 11.3 Å². The summed E-state index contributed by atoms with van der Waals surface area (Å²) in [6, 6.07) is 9.14. The first kappa shape index (κ1) is 15.3. The molecule has 0 aliphatic heterocycles. The number of fused-ring (bicyclic) bond motifs is 1.